The second-order valence-electron chi connectivity index (χ2n) is 15.6. The first kappa shape index (κ1) is 43.2. The lowest BCUT2D eigenvalue weighted by molar-refractivity contribution is -0.140. The van der Waals surface area contributed by atoms with Crippen LogP contribution in [-0.2, 0) is 14.3 Å². The molecule has 0 saturated carbocycles. The molecule has 4 fully saturated rings. The first-order chi connectivity index (χ1) is 30.5. The van der Waals surface area contributed by atoms with Crippen molar-refractivity contribution in [3.63, 3.8) is 0 Å². The molecule has 10 rings (SSSR count). The van der Waals surface area contributed by atoms with Crippen molar-refractivity contribution in [1.29, 1.82) is 0 Å². The standard InChI is InChI=1S/C22H24F2N6O.C19H20F2N6.C3H4O2/c1-15-6-18(11-19(7-15)28-2-4-29(5-3-28)21-12-31-13-21)26-22-25-14-30(27-22)20-9-16(23)8-17(24)10-20;1-13-6-16(11-17(7-13)26-4-2-22-3-5-26)24-19-23-12-27(25-19)18-9-14(20)8-15(21)10-18;4-3-1-5-2-3/h6-11,14,21H,2-5,12-13H2,1H3,(H,26,27);6-12,22H,2-5H2,1H3,(H,24,25);1-2H2. The number of nitrogens with zero attached hydrogens (tertiary/aromatic N) is 9. The highest BCUT2D eigenvalue weighted by Gasteiger charge is 2.29. The molecule has 0 radical (unpaired) electrons. The van der Waals surface area contributed by atoms with Crippen molar-refractivity contribution in [3.05, 3.63) is 120 Å². The second kappa shape index (κ2) is 19.7. The lowest BCUT2D eigenvalue weighted by Crippen LogP contribution is -2.56. The van der Waals surface area contributed by atoms with Crippen molar-refractivity contribution in [2.75, 3.05) is 99.2 Å². The summed E-state index contributed by atoms with van der Waals surface area (Å²) in [5.74, 6) is -1.71. The van der Waals surface area contributed by atoms with Crippen LogP contribution in [0.2, 0.25) is 0 Å². The van der Waals surface area contributed by atoms with Crippen LogP contribution in [0.4, 0.5) is 52.2 Å². The Hall–Kier alpha value is -6.41. The highest BCUT2D eigenvalue weighted by Crippen LogP contribution is 2.27. The maximum Gasteiger partial charge on any atom is 0.246 e. The summed E-state index contributed by atoms with van der Waals surface area (Å²) < 4.78 is 66.3. The molecule has 0 amide bonds. The fraction of sp³-hybridized carbons (Fsp3) is 0.341. The number of piperazine rings is 2. The van der Waals surface area contributed by atoms with Crippen molar-refractivity contribution in [3.8, 4) is 11.4 Å². The smallest absolute Gasteiger partial charge is 0.246 e. The molecule has 4 aliphatic heterocycles. The molecule has 63 heavy (non-hydrogen) atoms. The Kier molecular flexibility index (Phi) is 13.6. The number of hydrogen-bond donors (Lipinski definition) is 3. The molecule has 4 aliphatic rings. The van der Waals surface area contributed by atoms with Crippen LogP contribution in [-0.4, -0.2) is 125 Å². The minimum Gasteiger partial charge on any atom is -0.378 e. The zero-order chi connectivity index (χ0) is 43.9. The molecule has 4 aromatic carbocycles. The van der Waals surface area contributed by atoms with Gasteiger partial charge in [0.25, 0.3) is 0 Å². The number of ether oxygens (including phenoxy) is 2. The van der Waals surface area contributed by atoms with E-state index in [0.717, 1.165) is 112 Å². The number of rotatable bonds is 9. The van der Waals surface area contributed by atoms with Crippen molar-refractivity contribution < 1.29 is 31.8 Å². The van der Waals surface area contributed by atoms with E-state index in [4.69, 9.17) is 4.74 Å². The number of hydrogen-bond acceptors (Lipinski definition) is 13. The summed E-state index contributed by atoms with van der Waals surface area (Å²) in [6, 6.07) is 19.5. The van der Waals surface area contributed by atoms with Gasteiger partial charge < -0.3 is 35.2 Å². The average Bonchev–Trinajstić information content (AvgIpc) is 3.90. The molecule has 0 aliphatic carbocycles. The topological polar surface area (TPSA) is 143 Å². The number of benzene rings is 4. The van der Waals surface area contributed by atoms with E-state index in [-0.39, 0.29) is 17.2 Å². The summed E-state index contributed by atoms with van der Waals surface area (Å²) in [7, 11) is 0. The molecular weight excluding hydrogens is 821 g/mol. The van der Waals surface area contributed by atoms with Crippen LogP contribution in [0, 0.1) is 37.1 Å². The van der Waals surface area contributed by atoms with Gasteiger partial charge in [0.15, 0.2) is 5.78 Å². The van der Waals surface area contributed by atoms with Gasteiger partial charge in [-0.05, 0) is 85.6 Å². The maximum atomic E-state index is 13.5. The molecule has 0 bridgehead atoms. The Balaban J connectivity index is 0.000000157. The number of carbonyl (C=O) groups excluding carboxylic acids is 1. The lowest BCUT2D eigenvalue weighted by Gasteiger charge is -2.43. The summed E-state index contributed by atoms with van der Waals surface area (Å²) in [6.45, 7) is 14.3. The zero-order valence-corrected chi connectivity index (χ0v) is 34.9. The second-order valence-corrected chi connectivity index (χ2v) is 15.6. The number of Topliss-reactive ketones (excluding diaryl/α,β-unsaturated/α-hetero) is 1. The fourth-order valence-electron chi connectivity index (χ4n) is 7.41. The summed E-state index contributed by atoms with van der Waals surface area (Å²) >= 11 is 0. The van der Waals surface area contributed by atoms with Gasteiger partial charge in [-0.25, -0.2) is 26.9 Å². The van der Waals surface area contributed by atoms with E-state index >= 15 is 0 Å². The molecular formula is C44H48F4N12O3. The van der Waals surface area contributed by atoms with E-state index in [1.165, 1.54) is 46.3 Å². The van der Waals surface area contributed by atoms with Crippen LogP contribution in [0.15, 0.2) is 85.5 Å². The Bertz CT molecular complexity index is 2470. The maximum absolute atomic E-state index is 13.5. The first-order valence-corrected chi connectivity index (χ1v) is 20.7. The number of ketones is 1. The number of carbonyl (C=O) groups is 1. The fourth-order valence-corrected chi connectivity index (χ4v) is 7.41. The molecule has 15 nitrogen and oxygen atoms in total. The predicted octanol–water partition coefficient (Wildman–Crippen LogP) is 5.71. The molecule has 6 aromatic rings. The first-order valence-electron chi connectivity index (χ1n) is 20.7. The third kappa shape index (κ3) is 11.5. The van der Waals surface area contributed by atoms with Gasteiger partial charge in [0.05, 0.1) is 30.6 Å². The molecule has 3 N–H and O–H groups in total. The van der Waals surface area contributed by atoms with Gasteiger partial charge in [0.1, 0.15) is 49.1 Å². The highest BCUT2D eigenvalue weighted by molar-refractivity contribution is 5.84. The van der Waals surface area contributed by atoms with Gasteiger partial charge in [-0.3, -0.25) is 9.69 Å². The summed E-state index contributed by atoms with van der Waals surface area (Å²) in [4.78, 5) is 25.4. The predicted molar refractivity (Wildman–Crippen MR) is 231 cm³/mol. The van der Waals surface area contributed by atoms with Gasteiger partial charge in [-0.15, -0.1) is 10.2 Å². The van der Waals surface area contributed by atoms with Crippen molar-refractivity contribution in [1.82, 2.24) is 39.7 Å². The van der Waals surface area contributed by atoms with Gasteiger partial charge in [0.2, 0.25) is 11.9 Å². The number of halogens is 4. The summed E-state index contributed by atoms with van der Waals surface area (Å²) in [5, 5.41) is 18.3. The van der Waals surface area contributed by atoms with E-state index in [1.807, 2.05) is 19.1 Å². The summed E-state index contributed by atoms with van der Waals surface area (Å²) in [5.41, 5.74) is 6.84. The van der Waals surface area contributed by atoms with Crippen molar-refractivity contribution in [2.45, 2.75) is 19.9 Å². The minimum absolute atomic E-state index is 0.213. The highest BCUT2D eigenvalue weighted by atomic mass is 19.1. The quantitative estimate of drug-likeness (QED) is 0.153. The number of nitrogens with one attached hydrogen (secondary N) is 3. The van der Waals surface area contributed by atoms with Crippen LogP contribution in [0.25, 0.3) is 11.4 Å². The van der Waals surface area contributed by atoms with Gasteiger partial charge >= 0.3 is 0 Å². The molecule has 19 heteroatoms. The van der Waals surface area contributed by atoms with E-state index in [9.17, 15) is 22.4 Å². The Morgan fingerprint density at radius 2 is 1.02 bits per heavy atom. The van der Waals surface area contributed by atoms with Crippen LogP contribution < -0.4 is 25.8 Å². The Morgan fingerprint density at radius 3 is 1.41 bits per heavy atom. The third-order valence-corrected chi connectivity index (χ3v) is 10.7. The van der Waals surface area contributed by atoms with Gasteiger partial charge in [0, 0.05) is 87.2 Å². The Morgan fingerprint density at radius 1 is 0.571 bits per heavy atom. The van der Waals surface area contributed by atoms with Crippen molar-refractivity contribution in [2.24, 2.45) is 0 Å². The van der Waals surface area contributed by atoms with Gasteiger partial charge in [-0.2, -0.15) is 9.97 Å². The monoisotopic (exact) mass is 868 g/mol. The SMILES string of the molecule is Cc1cc(Nc2ncn(-c3cc(F)cc(F)c3)n2)cc(N2CCN(C3COC3)CC2)c1.Cc1cc(Nc2ncn(-c3cc(F)cc(F)c3)n2)cc(N2CCNCC2)c1.O=C1COC1. The normalized spacial score (nSPS) is 16.6. The average molecular weight is 869 g/mol. The van der Waals surface area contributed by atoms with E-state index < -0.39 is 23.3 Å². The molecule has 6 heterocycles. The number of anilines is 6. The van der Waals surface area contributed by atoms with Crippen molar-refractivity contribution >= 4 is 40.4 Å². The Labute approximate surface area is 361 Å². The van der Waals surface area contributed by atoms with E-state index in [2.05, 4.69) is 86.7 Å². The molecule has 2 aromatic heterocycles. The van der Waals surface area contributed by atoms with E-state index in [0.29, 0.717) is 31.2 Å². The largest absolute Gasteiger partial charge is 0.378 e. The molecule has 4 saturated heterocycles. The van der Waals surface area contributed by atoms with Gasteiger partial charge in [-0.1, -0.05) is 0 Å². The lowest BCUT2D eigenvalue weighted by atomic mass is 10.1. The van der Waals surface area contributed by atoms with Crippen LogP contribution >= 0.6 is 0 Å². The van der Waals surface area contributed by atoms with Crippen LogP contribution in [0.1, 0.15) is 11.1 Å². The summed E-state index contributed by atoms with van der Waals surface area (Å²) in [6.07, 6.45) is 2.85. The molecule has 0 atom stereocenters. The number of aromatic nitrogens is 6. The zero-order valence-electron chi connectivity index (χ0n) is 34.9. The van der Waals surface area contributed by atoms with E-state index in [1.54, 1.807) is 0 Å². The van der Waals surface area contributed by atoms with Crippen LogP contribution in [0.3, 0.4) is 0 Å². The van der Waals surface area contributed by atoms with Crippen LogP contribution in [0.5, 0.6) is 0 Å². The molecule has 330 valence electrons. The molecule has 0 spiro atoms. The minimum atomic E-state index is -0.659. The molecule has 0 unspecified atom stereocenters. The third-order valence-electron chi connectivity index (χ3n) is 10.7. The number of aryl methyl sites for hydroxylation is 2.